The summed E-state index contributed by atoms with van der Waals surface area (Å²) in [6.07, 6.45) is -0.870. The number of hydrogen-bond donors (Lipinski definition) is 1. The number of benzene rings is 2. The van der Waals surface area contributed by atoms with E-state index < -0.39 is 12.1 Å². The summed E-state index contributed by atoms with van der Waals surface area (Å²) in [5, 5.41) is 2.76. The van der Waals surface area contributed by atoms with Crippen LogP contribution in [0.15, 0.2) is 42.5 Å². The average molecular weight is 341 g/mol. The first-order chi connectivity index (χ1) is 11.9. The quantitative estimate of drug-likeness (QED) is 0.820. The maximum atomic E-state index is 12.3. The van der Waals surface area contributed by atoms with Gasteiger partial charge in [0.25, 0.3) is 5.91 Å². The normalized spacial score (nSPS) is 11.5. The van der Waals surface area contributed by atoms with Gasteiger partial charge in [0.05, 0.1) is 12.7 Å². The highest BCUT2D eigenvalue weighted by molar-refractivity contribution is 5.93. The highest BCUT2D eigenvalue weighted by Gasteiger charge is 2.19. The zero-order chi connectivity index (χ0) is 18.4. The summed E-state index contributed by atoms with van der Waals surface area (Å²) < 4.78 is 10.4. The molecule has 0 heterocycles. The predicted molar refractivity (Wildman–Crippen MR) is 95.6 cm³/mol. The zero-order valence-electron chi connectivity index (χ0n) is 15.0. The van der Waals surface area contributed by atoms with Crippen LogP contribution < -0.4 is 10.1 Å². The molecule has 0 saturated carbocycles. The third-order valence-electron chi connectivity index (χ3n) is 3.89. The van der Waals surface area contributed by atoms with Gasteiger partial charge in [0.15, 0.2) is 6.10 Å². The van der Waals surface area contributed by atoms with E-state index in [1.165, 1.54) is 0 Å². The van der Waals surface area contributed by atoms with Crippen LogP contribution in [0.25, 0.3) is 0 Å². The van der Waals surface area contributed by atoms with Gasteiger partial charge in [-0.3, -0.25) is 4.79 Å². The number of hydrogen-bond acceptors (Lipinski definition) is 4. The molecule has 5 heteroatoms. The Morgan fingerprint density at radius 2 is 1.76 bits per heavy atom. The maximum Gasteiger partial charge on any atom is 0.339 e. The molecule has 2 rings (SSSR count). The van der Waals surface area contributed by atoms with E-state index in [4.69, 9.17) is 9.47 Å². The Labute approximate surface area is 148 Å². The van der Waals surface area contributed by atoms with Crippen LogP contribution in [-0.2, 0) is 16.1 Å². The molecule has 25 heavy (non-hydrogen) atoms. The second-order valence-corrected chi connectivity index (χ2v) is 5.93. The summed E-state index contributed by atoms with van der Waals surface area (Å²) in [4.78, 5) is 24.4. The highest BCUT2D eigenvalue weighted by atomic mass is 16.5. The Morgan fingerprint density at radius 1 is 1.08 bits per heavy atom. The standard InChI is InChI=1S/C20H23NO4/c1-13-5-6-14(2)18(11-13)20(23)25-15(3)19(22)21-12-16-7-9-17(24-4)10-8-16/h5-11,15H,12H2,1-4H3,(H,21,22)/t15-/m0/s1. The molecule has 0 aliphatic carbocycles. The van der Waals surface area contributed by atoms with Gasteiger partial charge in [0, 0.05) is 6.54 Å². The molecule has 0 aromatic heterocycles. The van der Waals surface area contributed by atoms with Gasteiger partial charge in [-0.05, 0) is 50.1 Å². The number of nitrogens with one attached hydrogen (secondary N) is 1. The van der Waals surface area contributed by atoms with Crippen LogP contribution >= 0.6 is 0 Å². The Balaban J connectivity index is 1.90. The number of aryl methyl sites for hydroxylation is 2. The van der Waals surface area contributed by atoms with Crippen LogP contribution in [0.1, 0.15) is 34.0 Å². The van der Waals surface area contributed by atoms with E-state index in [2.05, 4.69) is 5.32 Å². The molecule has 2 aromatic carbocycles. The number of rotatable bonds is 6. The summed E-state index contributed by atoms with van der Waals surface area (Å²) in [6, 6.07) is 12.9. The molecule has 1 amide bonds. The van der Waals surface area contributed by atoms with Gasteiger partial charge in [-0.1, -0.05) is 29.8 Å². The van der Waals surface area contributed by atoms with Crippen LogP contribution in [-0.4, -0.2) is 25.1 Å². The number of esters is 1. The van der Waals surface area contributed by atoms with Crippen molar-refractivity contribution in [1.82, 2.24) is 5.32 Å². The Bertz CT molecular complexity index is 753. The van der Waals surface area contributed by atoms with E-state index in [0.29, 0.717) is 12.1 Å². The van der Waals surface area contributed by atoms with Crippen molar-refractivity contribution in [1.29, 1.82) is 0 Å². The van der Waals surface area contributed by atoms with Gasteiger partial charge in [0.1, 0.15) is 5.75 Å². The molecule has 2 aromatic rings. The summed E-state index contributed by atoms with van der Waals surface area (Å²) >= 11 is 0. The van der Waals surface area contributed by atoms with Gasteiger partial charge >= 0.3 is 5.97 Å². The molecule has 1 atom stereocenters. The molecular formula is C20H23NO4. The lowest BCUT2D eigenvalue weighted by atomic mass is 10.1. The lowest BCUT2D eigenvalue weighted by Crippen LogP contribution is -2.35. The number of ether oxygens (including phenoxy) is 2. The van der Waals surface area contributed by atoms with Crippen molar-refractivity contribution < 1.29 is 19.1 Å². The van der Waals surface area contributed by atoms with E-state index in [9.17, 15) is 9.59 Å². The van der Waals surface area contributed by atoms with Gasteiger partial charge in [-0.2, -0.15) is 0 Å². The van der Waals surface area contributed by atoms with Crippen molar-refractivity contribution in [3.05, 3.63) is 64.7 Å². The zero-order valence-corrected chi connectivity index (χ0v) is 15.0. The topological polar surface area (TPSA) is 64.6 Å². The third kappa shape index (κ3) is 5.08. The molecular weight excluding hydrogens is 318 g/mol. The van der Waals surface area contributed by atoms with Gasteiger partial charge in [0.2, 0.25) is 0 Å². The first-order valence-corrected chi connectivity index (χ1v) is 8.09. The van der Waals surface area contributed by atoms with E-state index in [-0.39, 0.29) is 5.91 Å². The van der Waals surface area contributed by atoms with Crippen LogP contribution in [0, 0.1) is 13.8 Å². The Hall–Kier alpha value is -2.82. The largest absolute Gasteiger partial charge is 0.497 e. The monoisotopic (exact) mass is 341 g/mol. The molecule has 0 radical (unpaired) electrons. The molecule has 0 saturated heterocycles. The molecule has 1 N–H and O–H groups in total. The Morgan fingerprint density at radius 3 is 2.40 bits per heavy atom. The molecule has 0 unspecified atom stereocenters. The summed E-state index contributed by atoms with van der Waals surface area (Å²) in [6.45, 7) is 5.66. The maximum absolute atomic E-state index is 12.3. The molecule has 0 fully saturated rings. The van der Waals surface area contributed by atoms with Gasteiger partial charge in [-0.25, -0.2) is 4.79 Å². The van der Waals surface area contributed by atoms with Gasteiger partial charge in [-0.15, -0.1) is 0 Å². The first-order valence-electron chi connectivity index (χ1n) is 8.09. The van der Waals surface area contributed by atoms with Crippen molar-refractivity contribution in [3.8, 4) is 5.75 Å². The van der Waals surface area contributed by atoms with Crippen molar-refractivity contribution in [2.45, 2.75) is 33.4 Å². The fourth-order valence-electron chi connectivity index (χ4n) is 2.31. The SMILES string of the molecule is COc1ccc(CNC(=O)[C@H](C)OC(=O)c2cc(C)ccc2C)cc1. The van der Waals surface area contributed by atoms with Crippen molar-refractivity contribution in [2.75, 3.05) is 7.11 Å². The van der Waals surface area contributed by atoms with E-state index in [0.717, 1.165) is 22.4 Å². The summed E-state index contributed by atoms with van der Waals surface area (Å²) in [7, 11) is 1.60. The van der Waals surface area contributed by atoms with Crippen LogP contribution in [0.2, 0.25) is 0 Å². The van der Waals surface area contributed by atoms with E-state index in [1.807, 2.05) is 50.2 Å². The second-order valence-electron chi connectivity index (χ2n) is 5.93. The fourth-order valence-corrected chi connectivity index (χ4v) is 2.31. The molecule has 5 nitrogen and oxygen atoms in total. The molecule has 132 valence electrons. The van der Waals surface area contributed by atoms with Crippen molar-refractivity contribution >= 4 is 11.9 Å². The van der Waals surface area contributed by atoms with Crippen molar-refractivity contribution in [2.24, 2.45) is 0 Å². The summed E-state index contributed by atoms with van der Waals surface area (Å²) in [5.41, 5.74) is 3.20. The van der Waals surface area contributed by atoms with Crippen LogP contribution in [0.5, 0.6) is 5.75 Å². The average Bonchev–Trinajstić information content (AvgIpc) is 2.61. The van der Waals surface area contributed by atoms with Gasteiger partial charge < -0.3 is 14.8 Å². The number of methoxy groups -OCH3 is 1. The molecule has 0 aliphatic heterocycles. The molecule has 0 aliphatic rings. The minimum Gasteiger partial charge on any atom is -0.497 e. The lowest BCUT2D eigenvalue weighted by molar-refractivity contribution is -0.129. The van der Waals surface area contributed by atoms with Crippen LogP contribution in [0.3, 0.4) is 0 Å². The lowest BCUT2D eigenvalue weighted by Gasteiger charge is -2.15. The smallest absolute Gasteiger partial charge is 0.339 e. The predicted octanol–water partition coefficient (Wildman–Crippen LogP) is 3.17. The first kappa shape index (κ1) is 18.5. The second kappa shape index (κ2) is 8.33. The summed E-state index contributed by atoms with van der Waals surface area (Å²) in [5.74, 6) is -0.0753. The molecule has 0 bridgehead atoms. The third-order valence-corrected chi connectivity index (χ3v) is 3.89. The minimum atomic E-state index is -0.870. The molecule has 0 spiro atoms. The number of amides is 1. The minimum absolute atomic E-state index is 0.338. The number of carbonyl (C=O) groups is 2. The van der Waals surface area contributed by atoms with Crippen LogP contribution in [0.4, 0.5) is 0 Å². The van der Waals surface area contributed by atoms with E-state index in [1.54, 1.807) is 20.1 Å². The Kier molecular flexibility index (Phi) is 6.17. The highest BCUT2D eigenvalue weighted by Crippen LogP contribution is 2.14. The number of carbonyl (C=O) groups excluding carboxylic acids is 2. The van der Waals surface area contributed by atoms with Crippen molar-refractivity contribution in [3.63, 3.8) is 0 Å². The fraction of sp³-hybridized carbons (Fsp3) is 0.300. The van der Waals surface area contributed by atoms with E-state index >= 15 is 0 Å².